The van der Waals surface area contributed by atoms with Crippen LogP contribution in [-0.2, 0) is 0 Å². The van der Waals surface area contributed by atoms with Gasteiger partial charge in [0.25, 0.3) is 0 Å². The first-order chi connectivity index (χ1) is 8.84. The van der Waals surface area contributed by atoms with E-state index < -0.39 is 0 Å². The van der Waals surface area contributed by atoms with Gasteiger partial charge in [0, 0.05) is 12.1 Å². The molecule has 0 amide bonds. The lowest BCUT2D eigenvalue weighted by molar-refractivity contribution is 0.263. The molecule has 2 aliphatic rings. The van der Waals surface area contributed by atoms with E-state index in [1.54, 1.807) is 0 Å². The van der Waals surface area contributed by atoms with E-state index in [0.717, 1.165) is 24.9 Å². The summed E-state index contributed by atoms with van der Waals surface area (Å²) in [5.74, 6) is 1.61. The summed E-state index contributed by atoms with van der Waals surface area (Å²) in [6, 6.07) is 12.3. The lowest BCUT2D eigenvalue weighted by atomic mass is 9.92. The van der Waals surface area contributed by atoms with Gasteiger partial charge in [0.05, 0.1) is 0 Å². The molecule has 0 aromatic heterocycles. The summed E-state index contributed by atoms with van der Waals surface area (Å²) in [6.07, 6.45) is 4.05. The smallest absolute Gasteiger partial charge is 0.0351 e. The van der Waals surface area contributed by atoms with Crippen LogP contribution in [0.15, 0.2) is 30.3 Å². The summed E-state index contributed by atoms with van der Waals surface area (Å²) in [4.78, 5) is 0. The summed E-state index contributed by atoms with van der Waals surface area (Å²) in [6.45, 7) is 4.68. The second kappa shape index (κ2) is 5.41. The van der Waals surface area contributed by atoms with E-state index in [1.807, 2.05) is 0 Å². The summed E-state index contributed by atoms with van der Waals surface area (Å²) >= 11 is 0. The first-order valence-corrected chi connectivity index (χ1v) is 7.36. The van der Waals surface area contributed by atoms with Crippen LogP contribution in [0.5, 0.6) is 0 Å². The molecule has 2 nitrogen and oxygen atoms in total. The summed E-state index contributed by atoms with van der Waals surface area (Å²) in [5, 5.41) is 7.43. The Kier molecular flexibility index (Phi) is 3.67. The van der Waals surface area contributed by atoms with E-state index in [0.29, 0.717) is 12.1 Å². The maximum atomic E-state index is 3.94. The van der Waals surface area contributed by atoms with Gasteiger partial charge in [-0.1, -0.05) is 37.3 Å². The van der Waals surface area contributed by atoms with Crippen molar-refractivity contribution in [3.05, 3.63) is 35.9 Å². The van der Waals surface area contributed by atoms with Crippen LogP contribution < -0.4 is 10.6 Å². The number of benzene rings is 1. The molecule has 3 atom stereocenters. The van der Waals surface area contributed by atoms with Gasteiger partial charge in [-0.15, -0.1) is 0 Å². The molecular formula is C16H24N2. The lowest BCUT2D eigenvalue weighted by Gasteiger charge is -2.34. The Morgan fingerprint density at radius 1 is 1.17 bits per heavy atom. The van der Waals surface area contributed by atoms with Crippen LogP contribution in [-0.4, -0.2) is 19.1 Å². The van der Waals surface area contributed by atoms with Crippen molar-refractivity contribution < 1.29 is 0 Å². The van der Waals surface area contributed by atoms with Crippen molar-refractivity contribution >= 4 is 0 Å². The van der Waals surface area contributed by atoms with Crippen LogP contribution in [0.4, 0.5) is 0 Å². The van der Waals surface area contributed by atoms with Crippen molar-refractivity contribution in [3.63, 3.8) is 0 Å². The predicted molar refractivity (Wildman–Crippen MR) is 75.5 cm³/mol. The molecule has 3 rings (SSSR count). The maximum absolute atomic E-state index is 3.94. The average Bonchev–Trinajstić information content (AvgIpc) is 3.23. The molecule has 1 saturated carbocycles. The van der Waals surface area contributed by atoms with Crippen LogP contribution in [0.3, 0.4) is 0 Å². The first-order valence-electron chi connectivity index (χ1n) is 7.36. The fourth-order valence-corrected chi connectivity index (χ4v) is 3.09. The van der Waals surface area contributed by atoms with Gasteiger partial charge >= 0.3 is 0 Å². The lowest BCUT2D eigenvalue weighted by Crippen LogP contribution is -2.47. The second-order valence-electron chi connectivity index (χ2n) is 5.97. The monoisotopic (exact) mass is 244 g/mol. The molecule has 1 aromatic carbocycles. The fraction of sp³-hybridized carbons (Fsp3) is 0.625. The van der Waals surface area contributed by atoms with Gasteiger partial charge in [-0.3, -0.25) is 0 Å². The summed E-state index contributed by atoms with van der Waals surface area (Å²) in [7, 11) is 0. The second-order valence-corrected chi connectivity index (χ2v) is 5.97. The fourth-order valence-electron chi connectivity index (χ4n) is 3.09. The van der Waals surface area contributed by atoms with Gasteiger partial charge < -0.3 is 10.6 Å². The zero-order chi connectivity index (χ0) is 12.4. The standard InChI is InChI=1S/C16H24N2/c1-12-11-17-10-9-15(12)18-16(14-7-8-14)13-5-3-2-4-6-13/h2-6,12,14-18H,7-11H2,1H3. The average molecular weight is 244 g/mol. The van der Waals surface area contributed by atoms with Crippen molar-refractivity contribution in [2.75, 3.05) is 13.1 Å². The van der Waals surface area contributed by atoms with Crippen molar-refractivity contribution in [2.24, 2.45) is 11.8 Å². The van der Waals surface area contributed by atoms with Crippen molar-refractivity contribution in [2.45, 2.75) is 38.3 Å². The number of nitrogens with one attached hydrogen (secondary N) is 2. The minimum absolute atomic E-state index is 0.580. The highest BCUT2D eigenvalue weighted by molar-refractivity contribution is 5.21. The Bertz CT molecular complexity index is 372. The topological polar surface area (TPSA) is 24.1 Å². The van der Waals surface area contributed by atoms with Gasteiger partial charge in [-0.25, -0.2) is 0 Å². The maximum Gasteiger partial charge on any atom is 0.0351 e. The Morgan fingerprint density at radius 2 is 1.94 bits per heavy atom. The predicted octanol–water partition coefficient (Wildman–Crippen LogP) is 2.73. The van der Waals surface area contributed by atoms with E-state index in [9.17, 15) is 0 Å². The van der Waals surface area contributed by atoms with E-state index in [-0.39, 0.29) is 0 Å². The molecule has 2 N–H and O–H groups in total. The molecule has 0 bridgehead atoms. The first kappa shape index (κ1) is 12.2. The van der Waals surface area contributed by atoms with E-state index in [1.165, 1.54) is 24.8 Å². The third kappa shape index (κ3) is 2.76. The minimum Gasteiger partial charge on any atom is -0.316 e. The molecule has 98 valence electrons. The zero-order valence-electron chi connectivity index (χ0n) is 11.2. The molecule has 1 aliphatic carbocycles. The van der Waals surface area contributed by atoms with E-state index >= 15 is 0 Å². The Balaban J connectivity index is 1.70. The Labute approximate surface area is 110 Å². The summed E-state index contributed by atoms with van der Waals surface area (Å²) in [5.41, 5.74) is 1.48. The van der Waals surface area contributed by atoms with Gasteiger partial charge in [0.2, 0.25) is 0 Å². The molecule has 2 fully saturated rings. The third-order valence-electron chi connectivity index (χ3n) is 4.43. The third-order valence-corrected chi connectivity index (χ3v) is 4.43. The highest BCUT2D eigenvalue weighted by atomic mass is 15.0. The van der Waals surface area contributed by atoms with Gasteiger partial charge in [-0.05, 0) is 49.8 Å². The van der Waals surface area contributed by atoms with Crippen molar-refractivity contribution in [3.8, 4) is 0 Å². The number of rotatable bonds is 4. The molecule has 2 heteroatoms. The minimum atomic E-state index is 0.580. The van der Waals surface area contributed by atoms with Crippen molar-refractivity contribution in [1.29, 1.82) is 0 Å². The Morgan fingerprint density at radius 3 is 2.61 bits per heavy atom. The Hall–Kier alpha value is -0.860. The van der Waals surface area contributed by atoms with Gasteiger partial charge in [0.15, 0.2) is 0 Å². The molecule has 1 aromatic rings. The molecule has 1 aliphatic heterocycles. The zero-order valence-corrected chi connectivity index (χ0v) is 11.2. The van der Waals surface area contributed by atoms with E-state index in [4.69, 9.17) is 0 Å². The van der Waals surface area contributed by atoms with Crippen molar-refractivity contribution in [1.82, 2.24) is 10.6 Å². The highest BCUT2D eigenvalue weighted by Gasteiger charge is 2.34. The largest absolute Gasteiger partial charge is 0.316 e. The SMILES string of the molecule is CC1CNCCC1NC(c1ccccc1)C1CC1. The number of hydrogen-bond donors (Lipinski definition) is 2. The molecule has 1 heterocycles. The van der Waals surface area contributed by atoms with Gasteiger partial charge in [-0.2, -0.15) is 0 Å². The quantitative estimate of drug-likeness (QED) is 0.851. The highest BCUT2D eigenvalue weighted by Crippen LogP contribution is 2.41. The van der Waals surface area contributed by atoms with Gasteiger partial charge in [0.1, 0.15) is 0 Å². The van der Waals surface area contributed by atoms with E-state index in [2.05, 4.69) is 47.9 Å². The van der Waals surface area contributed by atoms with Crippen LogP contribution in [0.2, 0.25) is 0 Å². The molecule has 3 unspecified atom stereocenters. The van der Waals surface area contributed by atoms with Crippen LogP contribution >= 0.6 is 0 Å². The molecular weight excluding hydrogens is 220 g/mol. The molecule has 1 saturated heterocycles. The molecule has 18 heavy (non-hydrogen) atoms. The van der Waals surface area contributed by atoms with Crippen LogP contribution in [0.1, 0.15) is 37.8 Å². The number of piperidine rings is 1. The normalized spacial score (nSPS) is 30.1. The summed E-state index contributed by atoms with van der Waals surface area (Å²) < 4.78 is 0. The molecule has 0 spiro atoms. The molecule has 0 radical (unpaired) electrons. The van der Waals surface area contributed by atoms with Crippen LogP contribution in [0.25, 0.3) is 0 Å². The van der Waals surface area contributed by atoms with Crippen LogP contribution in [0, 0.1) is 11.8 Å². The number of hydrogen-bond acceptors (Lipinski definition) is 2.